The number of methoxy groups -OCH3 is 1. The monoisotopic (exact) mass is 386 g/mol. The van der Waals surface area contributed by atoms with Crippen LogP contribution in [0.2, 0.25) is 0 Å². The Hall–Kier alpha value is -2.20. The third-order valence-electron chi connectivity index (χ3n) is 2.63. The fourth-order valence-corrected chi connectivity index (χ4v) is 1.63. The van der Waals surface area contributed by atoms with E-state index in [0.717, 1.165) is 0 Å². The standard InChI is InChI=1S/C15H25F3N2O6/c1-12(2,3)25-10(22)19-8-14(9(21)24-7,15(16,17)18)20-11(23)26-13(4,5)6/h8H2,1-7H3,(H,19,22)(H,20,23)/t14-/m1/s1. The van der Waals surface area contributed by atoms with E-state index in [1.807, 2.05) is 5.32 Å². The first-order valence-electron chi connectivity index (χ1n) is 7.57. The average Bonchev–Trinajstić information content (AvgIpc) is 2.37. The van der Waals surface area contributed by atoms with Crippen LogP contribution in [0.5, 0.6) is 0 Å². The molecule has 2 N–H and O–H groups in total. The number of carbonyl (C=O) groups is 3. The van der Waals surface area contributed by atoms with E-state index < -0.39 is 47.6 Å². The number of rotatable bonds is 4. The molecule has 0 saturated carbocycles. The van der Waals surface area contributed by atoms with Gasteiger partial charge in [-0.25, -0.2) is 14.4 Å². The molecule has 0 aliphatic carbocycles. The van der Waals surface area contributed by atoms with E-state index in [2.05, 4.69) is 4.74 Å². The summed E-state index contributed by atoms with van der Waals surface area (Å²) in [5.74, 6) is -1.83. The molecule has 2 amide bonds. The largest absolute Gasteiger partial charge is 0.467 e. The van der Waals surface area contributed by atoms with Gasteiger partial charge in [-0.1, -0.05) is 0 Å². The maximum absolute atomic E-state index is 13.6. The van der Waals surface area contributed by atoms with Gasteiger partial charge in [-0.2, -0.15) is 13.2 Å². The quantitative estimate of drug-likeness (QED) is 0.569. The van der Waals surface area contributed by atoms with E-state index in [4.69, 9.17) is 9.47 Å². The zero-order valence-electron chi connectivity index (χ0n) is 15.8. The van der Waals surface area contributed by atoms with Crippen LogP contribution < -0.4 is 10.6 Å². The lowest BCUT2D eigenvalue weighted by molar-refractivity contribution is -0.209. The number of hydrogen-bond donors (Lipinski definition) is 2. The molecule has 0 rings (SSSR count). The minimum absolute atomic E-state index is 0.715. The lowest BCUT2D eigenvalue weighted by Crippen LogP contribution is -2.69. The Morgan fingerprint density at radius 1 is 0.846 bits per heavy atom. The van der Waals surface area contributed by atoms with Crippen molar-refractivity contribution in [1.29, 1.82) is 0 Å². The Morgan fingerprint density at radius 2 is 1.27 bits per heavy atom. The fourth-order valence-electron chi connectivity index (χ4n) is 1.63. The Balaban J connectivity index is 5.61. The first-order valence-corrected chi connectivity index (χ1v) is 7.57. The third kappa shape index (κ3) is 7.36. The first-order chi connectivity index (χ1) is 11.4. The van der Waals surface area contributed by atoms with Gasteiger partial charge in [0.05, 0.1) is 13.7 Å². The number of esters is 1. The minimum Gasteiger partial charge on any atom is -0.467 e. The maximum Gasteiger partial charge on any atom is 0.424 e. The summed E-state index contributed by atoms with van der Waals surface area (Å²) in [7, 11) is 0.715. The summed E-state index contributed by atoms with van der Waals surface area (Å²) in [6.07, 6.45) is -8.02. The summed E-state index contributed by atoms with van der Waals surface area (Å²) in [6.45, 7) is 7.45. The van der Waals surface area contributed by atoms with Crippen molar-refractivity contribution >= 4 is 18.2 Å². The summed E-state index contributed by atoms with van der Waals surface area (Å²) in [4.78, 5) is 35.4. The number of halogens is 3. The number of alkyl carbamates (subject to hydrolysis) is 2. The lowest BCUT2D eigenvalue weighted by Gasteiger charge is -2.34. The molecular weight excluding hydrogens is 361 g/mol. The van der Waals surface area contributed by atoms with Crippen molar-refractivity contribution in [2.75, 3.05) is 13.7 Å². The zero-order chi connectivity index (χ0) is 21.0. The van der Waals surface area contributed by atoms with E-state index in [1.54, 1.807) is 0 Å². The van der Waals surface area contributed by atoms with Crippen LogP contribution in [0, 0.1) is 0 Å². The van der Waals surface area contributed by atoms with Crippen LogP contribution in [0.15, 0.2) is 0 Å². The second kappa shape index (κ2) is 8.00. The van der Waals surface area contributed by atoms with E-state index in [9.17, 15) is 27.6 Å². The van der Waals surface area contributed by atoms with Gasteiger partial charge in [0.15, 0.2) is 0 Å². The molecule has 1 atom stereocenters. The number of ether oxygens (including phenoxy) is 3. The van der Waals surface area contributed by atoms with Crippen LogP contribution in [0.25, 0.3) is 0 Å². The van der Waals surface area contributed by atoms with Crippen LogP contribution in [-0.2, 0) is 19.0 Å². The highest BCUT2D eigenvalue weighted by Crippen LogP contribution is 2.32. The smallest absolute Gasteiger partial charge is 0.424 e. The van der Waals surface area contributed by atoms with E-state index >= 15 is 0 Å². The number of alkyl halides is 3. The van der Waals surface area contributed by atoms with E-state index in [-0.39, 0.29) is 0 Å². The van der Waals surface area contributed by atoms with Gasteiger partial charge in [0.1, 0.15) is 11.2 Å². The molecule has 8 nitrogen and oxygen atoms in total. The summed E-state index contributed by atoms with van der Waals surface area (Å²) in [5.41, 5.74) is -5.65. The average molecular weight is 386 g/mol. The molecule has 0 spiro atoms. The number of amides is 2. The second-order valence-electron chi connectivity index (χ2n) is 7.38. The van der Waals surface area contributed by atoms with E-state index in [1.165, 1.54) is 46.9 Å². The molecule has 0 aromatic heterocycles. The summed E-state index contributed by atoms with van der Waals surface area (Å²) in [5, 5.41) is 3.28. The van der Waals surface area contributed by atoms with Crippen LogP contribution >= 0.6 is 0 Å². The normalized spacial score (nSPS) is 14.7. The topological polar surface area (TPSA) is 103 Å². The van der Waals surface area contributed by atoms with Gasteiger partial charge in [-0.05, 0) is 41.5 Å². The fraction of sp³-hybridized carbons (Fsp3) is 0.800. The van der Waals surface area contributed by atoms with Crippen LogP contribution in [0.4, 0.5) is 22.8 Å². The zero-order valence-corrected chi connectivity index (χ0v) is 15.8. The Morgan fingerprint density at radius 3 is 1.62 bits per heavy atom. The number of hydrogen-bond acceptors (Lipinski definition) is 6. The van der Waals surface area contributed by atoms with Gasteiger partial charge in [0.25, 0.3) is 5.54 Å². The molecule has 11 heteroatoms. The third-order valence-corrected chi connectivity index (χ3v) is 2.63. The molecule has 0 unspecified atom stereocenters. The van der Waals surface area contributed by atoms with Crippen molar-refractivity contribution in [3.05, 3.63) is 0 Å². The van der Waals surface area contributed by atoms with Gasteiger partial charge < -0.3 is 19.5 Å². The maximum atomic E-state index is 13.6. The highest BCUT2D eigenvalue weighted by molar-refractivity contribution is 5.88. The van der Waals surface area contributed by atoms with Crippen molar-refractivity contribution in [2.45, 2.75) is 64.5 Å². The van der Waals surface area contributed by atoms with Gasteiger partial charge in [-0.3, -0.25) is 5.32 Å². The lowest BCUT2D eigenvalue weighted by atomic mass is 9.99. The highest BCUT2D eigenvalue weighted by atomic mass is 19.4. The number of carbonyl (C=O) groups excluding carboxylic acids is 3. The van der Waals surface area contributed by atoms with Gasteiger partial charge >= 0.3 is 24.3 Å². The van der Waals surface area contributed by atoms with Crippen LogP contribution in [-0.4, -0.2) is 54.7 Å². The molecule has 0 aromatic rings. The summed E-state index contributed by atoms with van der Waals surface area (Å²) in [6, 6.07) is 0. The predicted octanol–water partition coefficient (Wildman–Crippen LogP) is 2.51. The van der Waals surface area contributed by atoms with Crippen molar-refractivity contribution in [3.63, 3.8) is 0 Å². The number of nitrogens with one attached hydrogen (secondary N) is 2. The first kappa shape index (κ1) is 23.8. The van der Waals surface area contributed by atoms with Crippen LogP contribution in [0.3, 0.4) is 0 Å². The second-order valence-corrected chi connectivity index (χ2v) is 7.38. The minimum atomic E-state index is -5.30. The molecule has 152 valence electrons. The Bertz CT molecular complexity index is 537. The summed E-state index contributed by atoms with van der Waals surface area (Å²) >= 11 is 0. The van der Waals surface area contributed by atoms with Gasteiger partial charge in [-0.15, -0.1) is 0 Å². The molecule has 0 aliphatic heterocycles. The van der Waals surface area contributed by atoms with E-state index in [0.29, 0.717) is 7.11 Å². The van der Waals surface area contributed by atoms with Crippen LogP contribution in [0.1, 0.15) is 41.5 Å². The Kier molecular flexibility index (Phi) is 7.32. The predicted molar refractivity (Wildman–Crippen MR) is 84.4 cm³/mol. The Labute approximate surface area is 149 Å². The van der Waals surface area contributed by atoms with Crippen molar-refractivity contribution in [2.24, 2.45) is 0 Å². The van der Waals surface area contributed by atoms with Crippen molar-refractivity contribution < 1.29 is 41.8 Å². The molecule has 0 saturated heterocycles. The van der Waals surface area contributed by atoms with Crippen molar-refractivity contribution in [3.8, 4) is 0 Å². The van der Waals surface area contributed by atoms with Crippen molar-refractivity contribution in [1.82, 2.24) is 10.6 Å². The molecular formula is C15H25F3N2O6. The highest BCUT2D eigenvalue weighted by Gasteiger charge is 2.63. The molecule has 26 heavy (non-hydrogen) atoms. The van der Waals surface area contributed by atoms with Gasteiger partial charge in [0, 0.05) is 0 Å². The molecule has 0 aromatic carbocycles. The molecule has 0 fully saturated rings. The summed E-state index contributed by atoms with van der Waals surface area (Å²) < 4.78 is 54.7. The molecule has 0 radical (unpaired) electrons. The SMILES string of the molecule is COC(=O)[C@@](CNC(=O)OC(C)(C)C)(NC(=O)OC(C)(C)C)C(F)(F)F. The van der Waals surface area contributed by atoms with Gasteiger partial charge in [0.2, 0.25) is 0 Å². The molecule has 0 aliphatic rings. The molecule has 0 bridgehead atoms. The molecule has 0 heterocycles.